The van der Waals surface area contributed by atoms with Crippen LogP contribution in [0, 0.1) is 5.92 Å². The van der Waals surface area contributed by atoms with Crippen molar-refractivity contribution in [2.75, 3.05) is 0 Å². The fraction of sp³-hybridized carbons (Fsp3) is 1.00. The Morgan fingerprint density at radius 3 is 2.00 bits per heavy atom. The van der Waals surface area contributed by atoms with E-state index in [4.69, 9.17) is 34.8 Å². The molecule has 0 atom stereocenters. The number of hydrogen-bond acceptors (Lipinski definition) is 0. The van der Waals surface area contributed by atoms with Crippen LogP contribution in [0.3, 0.4) is 0 Å². The summed E-state index contributed by atoms with van der Waals surface area (Å²) < 4.78 is -1.03. The Labute approximate surface area is 83.2 Å². The maximum atomic E-state index is 5.70. The molecule has 0 aromatic heterocycles. The van der Waals surface area contributed by atoms with Gasteiger partial charge in [-0.25, -0.2) is 0 Å². The number of rotatable bonds is 1. The zero-order valence-corrected chi connectivity index (χ0v) is 8.72. The largest absolute Gasteiger partial charge is 0.190 e. The minimum Gasteiger partial charge on any atom is -0.0837 e. The Hall–Kier alpha value is 0.870. The van der Waals surface area contributed by atoms with Crippen molar-refractivity contribution in [1.29, 1.82) is 0 Å². The normalized spacial score (nSPS) is 22.1. The topological polar surface area (TPSA) is 0 Å². The van der Waals surface area contributed by atoms with Gasteiger partial charge in [-0.1, -0.05) is 66.9 Å². The van der Waals surface area contributed by atoms with Crippen LogP contribution in [-0.2, 0) is 0 Å². The Bertz CT molecular complexity index is 111. The lowest BCUT2D eigenvalue weighted by Crippen LogP contribution is -2.14. The molecular formula is C8H13Cl3. The van der Waals surface area contributed by atoms with Crippen LogP contribution in [0.1, 0.15) is 38.5 Å². The number of hydrogen-bond donors (Lipinski definition) is 0. The summed E-state index contributed by atoms with van der Waals surface area (Å²) in [6, 6.07) is 0. The summed E-state index contributed by atoms with van der Waals surface area (Å²) in [4.78, 5) is 0. The van der Waals surface area contributed by atoms with E-state index in [2.05, 4.69) is 0 Å². The molecule has 0 saturated heterocycles. The van der Waals surface area contributed by atoms with Crippen LogP contribution in [-0.4, -0.2) is 3.79 Å². The molecule has 0 nitrogen and oxygen atoms in total. The van der Waals surface area contributed by atoms with Gasteiger partial charge in [-0.15, -0.1) is 0 Å². The first-order chi connectivity index (χ1) is 5.08. The third-order valence-electron chi connectivity index (χ3n) is 2.24. The fourth-order valence-electron chi connectivity index (χ4n) is 1.72. The monoisotopic (exact) mass is 214 g/mol. The van der Waals surface area contributed by atoms with Gasteiger partial charge >= 0.3 is 0 Å². The van der Waals surface area contributed by atoms with Crippen molar-refractivity contribution in [1.82, 2.24) is 0 Å². The highest BCUT2D eigenvalue weighted by atomic mass is 35.6. The van der Waals surface area contributed by atoms with Crippen molar-refractivity contribution in [3.63, 3.8) is 0 Å². The van der Waals surface area contributed by atoms with Gasteiger partial charge < -0.3 is 0 Å². The quantitative estimate of drug-likeness (QED) is 0.571. The van der Waals surface area contributed by atoms with Gasteiger partial charge in [-0.05, 0) is 12.3 Å². The van der Waals surface area contributed by atoms with Crippen LogP contribution < -0.4 is 0 Å². The van der Waals surface area contributed by atoms with Crippen molar-refractivity contribution < 1.29 is 0 Å². The molecule has 1 saturated carbocycles. The molecule has 0 spiro atoms. The van der Waals surface area contributed by atoms with Crippen molar-refractivity contribution in [2.24, 2.45) is 5.92 Å². The van der Waals surface area contributed by atoms with Gasteiger partial charge in [0.15, 0.2) is 3.79 Å². The second-order valence-corrected chi connectivity index (χ2v) is 5.84. The van der Waals surface area contributed by atoms with Gasteiger partial charge in [-0.3, -0.25) is 0 Å². The second-order valence-electron chi connectivity index (χ2n) is 3.32. The third-order valence-corrected chi connectivity index (χ3v) is 2.71. The highest BCUT2D eigenvalue weighted by molar-refractivity contribution is 6.67. The van der Waals surface area contributed by atoms with Gasteiger partial charge in [0.2, 0.25) is 0 Å². The van der Waals surface area contributed by atoms with Gasteiger partial charge in [0, 0.05) is 0 Å². The van der Waals surface area contributed by atoms with E-state index in [1.165, 1.54) is 32.1 Å². The summed E-state index contributed by atoms with van der Waals surface area (Å²) in [5.41, 5.74) is 0. The number of halogens is 3. The molecule has 0 aromatic carbocycles. The van der Waals surface area contributed by atoms with Crippen LogP contribution in [0.2, 0.25) is 0 Å². The summed E-state index contributed by atoms with van der Waals surface area (Å²) in [5.74, 6) is 0.649. The molecule has 0 aromatic rings. The van der Waals surface area contributed by atoms with Gasteiger partial charge in [0.25, 0.3) is 0 Å². The van der Waals surface area contributed by atoms with Crippen LogP contribution in [0.5, 0.6) is 0 Å². The Kier molecular flexibility index (Phi) is 3.80. The Morgan fingerprint density at radius 1 is 1.00 bits per heavy atom. The van der Waals surface area contributed by atoms with E-state index in [1.807, 2.05) is 0 Å². The molecule has 0 aliphatic heterocycles. The van der Waals surface area contributed by atoms with Crippen molar-refractivity contribution in [3.8, 4) is 0 Å². The molecule has 11 heavy (non-hydrogen) atoms. The minimum absolute atomic E-state index is 0.649. The lowest BCUT2D eigenvalue weighted by Gasteiger charge is -2.24. The summed E-state index contributed by atoms with van der Waals surface area (Å²) >= 11 is 17.1. The summed E-state index contributed by atoms with van der Waals surface area (Å²) in [7, 11) is 0. The van der Waals surface area contributed by atoms with Crippen LogP contribution in [0.4, 0.5) is 0 Å². The molecule has 1 aliphatic carbocycles. The molecule has 0 radical (unpaired) electrons. The molecule has 0 bridgehead atoms. The van der Waals surface area contributed by atoms with E-state index in [9.17, 15) is 0 Å². The maximum Gasteiger partial charge on any atom is 0.190 e. The first-order valence-corrected chi connectivity index (χ1v) is 5.28. The molecule has 0 heterocycles. The Morgan fingerprint density at radius 2 is 1.55 bits per heavy atom. The average Bonchev–Trinajstić information content (AvgIpc) is 1.85. The molecule has 1 rings (SSSR count). The molecule has 3 heteroatoms. The van der Waals surface area contributed by atoms with Crippen molar-refractivity contribution >= 4 is 34.8 Å². The van der Waals surface area contributed by atoms with Crippen molar-refractivity contribution in [2.45, 2.75) is 42.3 Å². The third kappa shape index (κ3) is 4.45. The predicted molar refractivity (Wildman–Crippen MR) is 51.5 cm³/mol. The lowest BCUT2D eigenvalue weighted by molar-refractivity contribution is 0.341. The molecule has 0 N–H and O–H groups in total. The molecule has 1 fully saturated rings. The number of alkyl halides is 3. The molecule has 1 aliphatic rings. The summed E-state index contributed by atoms with van der Waals surface area (Å²) in [5, 5.41) is 0. The molecule has 66 valence electrons. The zero-order chi connectivity index (χ0) is 8.32. The minimum atomic E-state index is -1.03. The average molecular weight is 216 g/mol. The van der Waals surface area contributed by atoms with Crippen LogP contribution >= 0.6 is 34.8 Å². The second kappa shape index (κ2) is 4.20. The summed E-state index contributed by atoms with van der Waals surface area (Å²) in [6.07, 6.45) is 7.20. The van der Waals surface area contributed by atoms with E-state index in [1.54, 1.807) is 0 Å². The highest BCUT2D eigenvalue weighted by Gasteiger charge is 2.26. The van der Waals surface area contributed by atoms with Crippen LogP contribution in [0.25, 0.3) is 0 Å². The molecular weight excluding hydrogens is 202 g/mol. The lowest BCUT2D eigenvalue weighted by atomic mass is 9.87. The SMILES string of the molecule is ClC(Cl)(Cl)CC1CCCCC1. The maximum absolute atomic E-state index is 5.70. The van der Waals surface area contributed by atoms with E-state index in [0.29, 0.717) is 5.92 Å². The van der Waals surface area contributed by atoms with Crippen molar-refractivity contribution in [3.05, 3.63) is 0 Å². The van der Waals surface area contributed by atoms with Gasteiger partial charge in [0.05, 0.1) is 0 Å². The van der Waals surface area contributed by atoms with E-state index < -0.39 is 3.79 Å². The smallest absolute Gasteiger partial charge is 0.0837 e. The van der Waals surface area contributed by atoms with E-state index >= 15 is 0 Å². The first kappa shape index (κ1) is 9.95. The van der Waals surface area contributed by atoms with Crippen LogP contribution in [0.15, 0.2) is 0 Å². The fourth-order valence-corrected chi connectivity index (χ4v) is 2.37. The predicted octanol–water partition coefficient (Wildman–Crippen LogP) is 4.33. The van der Waals surface area contributed by atoms with E-state index in [0.717, 1.165) is 6.42 Å². The zero-order valence-electron chi connectivity index (χ0n) is 6.45. The van der Waals surface area contributed by atoms with E-state index in [-0.39, 0.29) is 0 Å². The standard InChI is InChI=1S/C8H13Cl3/c9-8(10,11)6-7-4-2-1-3-5-7/h7H,1-6H2. The summed E-state index contributed by atoms with van der Waals surface area (Å²) in [6.45, 7) is 0. The Balaban J connectivity index is 2.24. The van der Waals surface area contributed by atoms with Gasteiger partial charge in [0.1, 0.15) is 0 Å². The van der Waals surface area contributed by atoms with Gasteiger partial charge in [-0.2, -0.15) is 0 Å². The highest BCUT2D eigenvalue weighted by Crippen LogP contribution is 2.38. The first-order valence-electron chi connectivity index (χ1n) is 4.15. The molecule has 0 amide bonds. The molecule has 0 unspecified atom stereocenters.